The van der Waals surface area contributed by atoms with Gasteiger partial charge in [0.15, 0.2) is 0 Å². The predicted molar refractivity (Wildman–Crippen MR) is 103 cm³/mol. The van der Waals surface area contributed by atoms with Crippen LogP contribution in [0.25, 0.3) is 0 Å². The van der Waals surface area contributed by atoms with Gasteiger partial charge in [0.1, 0.15) is 18.3 Å². The molecule has 30 heavy (non-hydrogen) atoms. The van der Waals surface area contributed by atoms with Crippen LogP contribution in [-0.4, -0.2) is 71.8 Å². The molecule has 3 N–H and O–H groups in total. The molecule has 10 heteroatoms. The highest BCUT2D eigenvalue weighted by Crippen LogP contribution is 2.35. The van der Waals surface area contributed by atoms with Gasteiger partial charge in [0.05, 0.1) is 6.26 Å². The molecule has 1 unspecified atom stereocenters. The van der Waals surface area contributed by atoms with E-state index < -0.39 is 51.9 Å². The predicted octanol–water partition coefficient (Wildman–Crippen LogP) is -0.0938. The molecule has 1 saturated heterocycles. The van der Waals surface area contributed by atoms with Gasteiger partial charge in [-0.25, -0.2) is 4.18 Å². The fourth-order valence-corrected chi connectivity index (χ4v) is 3.73. The van der Waals surface area contributed by atoms with E-state index in [-0.39, 0.29) is 11.1 Å². The van der Waals surface area contributed by atoms with Gasteiger partial charge in [-0.1, -0.05) is 60.7 Å². The zero-order valence-corrected chi connectivity index (χ0v) is 16.6. The van der Waals surface area contributed by atoms with E-state index in [9.17, 15) is 33.3 Å². The molecular formula is C20H20O9S. The molecule has 1 fully saturated rings. The number of aliphatic hydroxyl groups is 3. The Kier molecular flexibility index (Phi) is 6.18. The molecule has 9 nitrogen and oxygen atoms in total. The number of aliphatic hydroxyl groups excluding tert-OH is 2. The molecule has 0 radical (unpaired) electrons. The fraction of sp³-hybridized carbons (Fsp3) is 0.300. The third-order valence-electron chi connectivity index (χ3n) is 4.67. The van der Waals surface area contributed by atoms with Gasteiger partial charge in [-0.2, -0.15) is 8.42 Å². The molecule has 2 aromatic rings. The maximum Gasteiger partial charge on any atom is 0.266 e. The molecule has 1 aliphatic heterocycles. The quantitative estimate of drug-likeness (QED) is 0.308. The van der Waals surface area contributed by atoms with Crippen molar-refractivity contribution in [3.63, 3.8) is 0 Å². The van der Waals surface area contributed by atoms with Crippen molar-refractivity contribution in [1.29, 1.82) is 0 Å². The first kappa shape index (κ1) is 22.2. The first-order chi connectivity index (χ1) is 14.1. The molecule has 3 rings (SSSR count). The van der Waals surface area contributed by atoms with Gasteiger partial charge in [-0.05, 0) is 0 Å². The van der Waals surface area contributed by atoms with Crippen molar-refractivity contribution < 1.29 is 42.2 Å². The maximum absolute atomic E-state index is 13.2. The van der Waals surface area contributed by atoms with Crippen LogP contribution in [0.4, 0.5) is 0 Å². The van der Waals surface area contributed by atoms with E-state index in [1.807, 2.05) is 0 Å². The Hall–Kier alpha value is -2.47. The van der Waals surface area contributed by atoms with Gasteiger partial charge in [0, 0.05) is 11.1 Å². The largest absolute Gasteiger partial charge is 0.387 e. The Morgan fingerprint density at radius 3 is 1.73 bits per heavy atom. The summed E-state index contributed by atoms with van der Waals surface area (Å²) in [4.78, 5) is 26.4. The zero-order valence-electron chi connectivity index (χ0n) is 15.8. The van der Waals surface area contributed by atoms with Crippen LogP contribution in [0, 0.1) is 0 Å². The number of ketones is 2. The number of carbonyl (C=O) groups is 2. The molecular weight excluding hydrogens is 416 g/mol. The van der Waals surface area contributed by atoms with E-state index in [1.54, 1.807) is 12.1 Å². The van der Waals surface area contributed by atoms with E-state index in [0.717, 1.165) is 0 Å². The molecule has 4 atom stereocenters. The molecule has 0 aromatic heterocycles. The summed E-state index contributed by atoms with van der Waals surface area (Å²) in [6.07, 6.45) is -7.16. The summed E-state index contributed by atoms with van der Waals surface area (Å²) in [5.41, 5.74) is -3.08. The van der Waals surface area contributed by atoms with E-state index in [1.165, 1.54) is 48.5 Å². The van der Waals surface area contributed by atoms with Crippen molar-refractivity contribution in [2.24, 2.45) is 0 Å². The van der Waals surface area contributed by atoms with Gasteiger partial charge in [-0.3, -0.25) is 9.59 Å². The van der Waals surface area contributed by atoms with Crippen molar-refractivity contribution in [3.8, 4) is 0 Å². The summed E-state index contributed by atoms with van der Waals surface area (Å²) in [6, 6.07) is 14.7. The van der Waals surface area contributed by atoms with E-state index >= 15 is 0 Å². The maximum atomic E-state index is 13.2. The van der Waals surface area contributed by atoms with Crippen LogP contribution in [0.15, 0.2) is 60.7 Å². The average molecular weight is 436 g/mol. The molecule has 1 heterocycles. The Bertz CT molecular complexity index is 969. The lowest BCUT2D eigenvalue weighted by Gasteiger charge is -2.32. The molecule has 0 bridgehead atoms. The molecule has 0 spiro atoms. The fourth-order valence-electron chi connectivity index (χ4n) is 3.22. The number of benzene rings is 2. The highest BCUT2D eigenvalue weighted by molar-refractivity contribution is 7.86. The summed E-state index contributed by atoms with van der Waals surface area (Å²) < 4.78 is 32.6. The Balaban J connectivity index is 2.08. The second-order valence-electron chi connectivity index (χ2n) is 6.86. The lowest BCUT2D eigenvalue weighted by Crippen LogP contribution is -2.60. The van der Waals surface area contributed by atoms with Crippen LogP contribution in [0.3, 0.4) is 0 Å². The number of hydrogen-bond donors (Lipinski definition) is 3. The zero-order chi connectivity index (χ0) is 22.1. The molecule has 160 valence electrons. The smallest absolute Gasteiger partial charge is 0.266 e. The molecule has 0 aliphatic carbocycles. The molecule has 2 aromatic carbocycles. The van der Waals surface area contributed by atoms with Gasteiger partial charge >= 0.3 is 0 Å². The summed E-state index contributed by atoms with van der Waals surface area (Å²) in [5, 5.41) is 32.0. The number of rotatable bonds is 7. The van der Waals surface area contributed by atoms with E-state index in [4.69, 9.17) is 4.74 Å². The number of hydrogen-bond acceptors (Lipinski definition) is 9. The first-order valence-corrected chi connectivity index (χ1v) is 10.7. The lowest BCUT2D eigenvalue weighted by atomic mass is 9.79. The second kappa shape index (κ2) is 8.34. The molecule has 1 aliphatic rings. The minimum atomic E-state index is -4.13. The Morgan fingerprint density at radius 2 is 1.33 bits per heavy atom. The van der Waals surface area contributed by atoms with E-state index in [0.29, 0.717) is 6.26 Å². The van der Waals surface area contributed by atoms with Crippen LogP contribution in [0.1, 0.15) is 20.7 Å². The summed E-state index contributed by atoms with van der Waals surface area (Å²) >= 11 is 0. The minimum absolute atomic E-state index is 0.0537. The molecule has 0 saturated carbocycles. The summed E-state index contributed by atoms with van der Waals surface area (Å²) in [5.74, 6) is -2.18. The minimum Gasteiger partial charge on any atom is -0.387 e. The summed E-state index contributed by atoms with van der Waals surface area (Å²) in [7, 11) is -4.13. The molecule has 0 amide bonds. The topological polar surface area (TPSA) is 147 Å². The van der Waals surface area contributed by atoms with E-state index in [2.05, 4.69) is 4.18 Å². The normalized spacial score (nSPS) is 24.5. The average Bonchev–Trinajstić information content (AvgIpc) is 3.00. The number of Topliss-reactive ketones (excluding diaryl/α,β-unsaturated/α-hetero) is 2. The van der Waals surface area contributed by atoms with Crippen LogP contribution in [0.2, 0.25) is 0 Å². The highest BCUT2D eigenvalue weighted by Gasteiger charge is 2.61. The standard InChI is InChI=1S/C20H20O9S/c1-30(26,27)29-19-15(22)14(21)18(28-19)20(25,16(23)12-8-4-2-5-9-12)17(24)13-10-6-3-7-11-13/h2-11,14-15,18-19,21-22,25H,1H3/t14-,15+,18-,19?/m1/s1. The van der Waals surface area contributed by atoms with Crippen molar-refractivity contribution in [2.75, 3.05) is 6.26 Å². The second-order valence-corrected chi connectivity index (χ2v) is 8.46. The Morgan fingerprint density at radius 1 is 0.900 bits per heavy atom. The van der Waals surface area contributed by atoms with Gasteiger partial charge < -0.3 is 20.1 Å². The van der Waals surface area contributed by atoms with Crippen LogP contribution >= 0.6 is 0 Å². The third kappa shape index (κ3) is 4.19. The monoisotopic (exact) mass is 436 g/mol. The SMILES string of the molecule is CS(=O)(=O)OC1O[C@@H](C(O)(C(=O)c2ccccc2)C(=O)c2ccccc2)[C@H](O)[C@@H]1O. The first-order valence-electron chi connectivity index (χ1n) is 8.87. The lowest BCUT2D eigenvalue weighted by molar-refractivity contribution is -0.137. The number of carbonyl (C=O) groups excluding carboxylic acids is 2. The van der Waals surface area contributed by atoms with Gasteiger partial charge in [0.25, 0.3) is 10.1 Å². The third-order valence-corrected chi connectivity index (χ3v) is 5.20. The number of ether oxygens (including phenoxy) is 1. The summed E-state index contributed by atoms with van der Waals surface area (Å²) in [6.45, 7) is 0. The van der Waals surface area contributed by atoms with Crippen molar-refractivity contribution in [1.82, 2.24) is 0 Å². The Labute approximate surface area is 172 Å². The van der Waals surface area contributed by atoms with Crippen LogP contribution in [0.5, 0.6) is 0 Å². The van der Waals surface area contributed by atoms with Crippen LogP contribution in [-0.2, 0) is 19.0 Å². The van der Waals surface area contributed by atoms with Crippen molar-refractivity contribution in [3.05, 3.63) is 71.8 Å². The van der Waals surface area contributed by atoms with Crippen molar-refractivity contribution >= 4 is 21.7 Å². The van der Waals surface area contributed by atoms with Gasteiger partial charge in [0.2, 0.25) is 23.5 Å². The van der Waals surface area contributed by atoms with Crippen molar-refractivity contribution in [2.45, 2.75) is 30.2 Å². The highest BCUT2D eigenvalue weighted by atomic mass is 32.2. The van der Waals surface area contributed by atoms with Gasteiger partial charge in [-0.15, -0.1) is 0 Å². The van der Waals surface area contributed by atoms with Crippen LogP contribution < -0.4 is 0 Å².